The van der Waals surface area contributed by atoms with E-state index >= 15 is 0 Å². The number of hydrogen-bond donors (Lipinski definition) is 1. The lowest BCUT2D eigenvalue weighted by atomic mass is 10.1. The molecule has 0 bridgehead atoms. The Hall–Kier alpha value is -3.39. The summed E-state index contributed by atoms with van der Waals surface area (Å²) < 4.78 is 0. The van der Waals surface area contributed by atoms with Crippen molar-refractivity contribution >= 4 is 46.4 Å². The predicted molar refractivity (Wildman–Crippen MR) is 129 cm³/mol. The molecule has 2 aliphatic heterocycles. The Morgan fingerprint density at radius 1 is 0.970 bits per heavy atom. The van der Waals surface area contributed by atoms with E-state index < -0.39 is 6.04 Å². The van der Waals surface area contributed by atoms with Crippen molar-refractivity contribution in [3.05, 3.63) is 59.6 Å². The monoisotopic (exact) mass is 467 g/mol. The zero-order valence-electron chi connectivity index (χ0n) is 18.4. The highest BCUT2D eigenvalue weighted by atomic mass is 35.5. The Morgan fingerprint density at radius 2 is 1.70 bits per heavy atom. The topological polar surface area (TPSA) is 85.3 Å². The van der Waals surface area contributed by atoms with Gasteiger partial charge in [-0.2, -0.15) is 5.10 Å². The summed E-state index contributed by atoms with van der Waals surface area (Å²) in [6.45, 7) is 3.39. The molecule has 0 saturated carbocycles. The summed E-state index contributed by atoms with van der Waals surface area (Å²) in [6, 6.07) is 15.7. The minimum absolute atomic E-state index is 0.0369. The third-order valence-corrected chi connectivity index (χ3v) is 6.03. The summed E-state index contributed by atoms with van der Waals surface area (Å²) in [5.41, 5.74) is 1.78. The van der Waals surface area contributed by atoms with Crippen LogP contribution in [0.2, 0.25) is 5.02 Å². The second kappa shape index (κ2) is 10.0. The molecule has 1 fully saturated rings. The Kier molecular flexibility index (Phi) is 6.93. The summed E-state index contributed by atoms with van der Waals surface area (Å²) in [4.78, 5) is 41.5. The number of rotatable bonds is 4. The summed E-state index contributed by atoms with van der Waals surface area (Å²) in [5.74, 6) is -0.220. The van der Waals surface area contributed by atoms with E-state index in [2.05, 4.69) is 10.4 Å². The molecule has 2 heterocycles. The van der Waals surface area contributed by atoms with Crippen LogP contribution in [-0.2, 0) is 9.59 Å². The van der Waals surface area contributed by atoms with Gasteiger partial charge in [-0.25, -0.2) is 4.79 Å². The first kappa shape index (κ1) is 22.8. The smallest absolute Gasteiger partial charge is 0.321 e. The number of hydrazone groups is 1. The minimum atomic E-state index is -0.488. The summed E-state index contributed by atoms with van der Waals surface area (Å²) in [5, 5.41) is 9.55. The van der Waals surface area contributed by atoms with Gasteiger partial charge in [0.25, 0.3) is 5.91 Å². The molecule has 2 aromatic carbocycles. The average molecular weight is 468 g/mol. The Morgan fingerprint density at radius 3 is 2.42 bits per heavy atom. The number of Topliss-reactive ketones (excluding diaryl/α,β-unsaturated/α-hetero) is 1. The van der Waals surface area contributed by atoms with Gasteiger partial charge in [0.15, 0.2) is 5.78 Å². The minimum Gasteiger partial charge on any atom is -0.336 e. The maximum absolute atomic E-state index is 13.2. The molecule has 2 aliphatic rings. The van der Waals surface area contributed by atoms with Crippen LogP contribution in [0.1, 0.15) is 19.8 Å². The van der Waals surface area contributed by atoms with Gasteiger partial charge in [-0.05, 0) is 43.7 Å². The molecule has 0 spiro atoms. The average Bonchev–Trinajstić information content (AvgIpc) is 3.11. The van der Waals surface area contributed by atoms with Crippen LogP contribution < -0.4 is 10.3 Å². The lowest BCUT2D eigenvalue weighted by molar-refractivity contribution is -0.124. The van der Waals surface area contributed by atoms with Crippen LogP contribution in [0.15, 0.2) is 59.7 Å². The lowest BCUT2D eigenvalue weighted by Gasteiger charge is -2.22. The van der Waals surface area contributed by atoms with Crippen LogP contribution in [0, 0.1) is 0 Å². The molecule has 0 aliphatic carbocycles. The van der Waals surface area contributed by atoms with E-state index in [1.165, 1.54) is 6.92 Å². The third kappa shape index (κ3) is 5.34. The number of anilines is 2. The van der Waals surface area contributed by atoms with Crippen molar-refractivity contribution < 1.29 is 14.4 Å². The number of para-hydroxylation sites is 1. The number of carbonyl (C=O) groups is 3. The highest BCUT2D eigenvalue weighted by Crippen LogP contribution is 2.26. The van der Waals surface area contributed by atoms with Crippen molar-refractivity contribution in [2.24, 2.45) is 5.10 Å². The molecule has 1 saturated heterocycles. The standard InChI is InChI=1S/C24H26ClN5O3/c1-17(31)22-16-21(27-30(22)20-9-3-2-4-10-20)23(32)28-11-6-12-29(14-13-28)24(33)26-19-8-5-7-18(25)15-19/h2-5,7-10,15,22H,6,11-14,16H2,1H3,(H,26,33). The van der Waals surface area contributed by atoms with Crippen LogP contribution in [0.5, 0.6) is 0 Å². The van der Waals surface area contributed by atoms with Gasteiger partial charge in [-0.1, -0.05) is 35.9 Å². The van der Waals surface area contributed by atoms with Crippen LogP contribution in [0.4, 0.5) is 16.2 Å². The fourth-order valence-corrected chi connectivity index (χ4v) is 4.24. The Balaban J connectivity index is 1.41. The van der Waals surface area contributed by atoms with Gasteiger partial charge in [0.2, 0.25) is 0 Å². The van der Waals surface area contributed by atoms with Gasteiger partial charge in [-0.3, -0.25) is 14.6 Å². The number of nitrogens with zero attached hydrogens (tertiary/aromatic N) is 4. The maximum atomic E-state index is 13.2. The van der Waals surface area contributed by atoms with Gasteiger partial charge in [0.05, 0.1) is 5.69 Å². The summed E-state index contributed by atoms with van der Waals surface area (Å²) in [6.07, 6.45) is 0.930. The summed E-state index contributed by atoms with van der Waals surface area (Å²) >= 11 is 5.99. The number of halogens is 1. The number of amides is 3. The van der Waals surface area contributed by atoms with Crippen LogP contribution >= 0.6 is 11.6 Å². The number of hydrogen-bond acceptors (Lipinski definition) is 5. The molecular weight excluding hydrogens is 442 g/mol. The molecule has 3 amide bonds. The Bertz CT molecular complexity index is 1070. The van der Waals surface area contributed by atoms with Crippen LogP contribution in [0.25, 0.3) is 0 Å². The lowest BCUT2D eigenvalue weighted by Crippen LogP contribution is -2.41. The van der Waals surface area contributed by atoms with Crippen molar-refractivity contribution in [1.29, 1.82) is 0 Å². The molecule has 0 radical (unpaired) electrons. The number of carbonyl (C=O) groups excluding carboxylic acids is 3. The van der Waals surface area contributed by atoms with Gasteiger partial charge in [0.1, 0.15) is 11.8 Å². The molecule has 1 unspecified atom stereocenters. The normalized spacial score (nSPS) is 18.5. The van der Waals surface area contributed by atoms with E-state index in [9.17, 15) is 14.4 Å². The predicted octanol–water partition coefficient (Wildman–Crippen LogP) is 3.63. The maximum Gasteiger partial charge on any atom is 0.321 e. The number of nitrogens with one attached hydrogen (secondary N) is 1. The highest BCUT2D eigenvalue weighted by molar-refractivity contribution is 6.40. The first-order valence-corrected chi connectivity index (χ1v) is 11.3. The van der Waals surface area contributed by atoms with Crippen LogP contribution in [-0.4, -0.2) is 65.5 Å². The van der Waals surface area contributed by atoms with Crippen molar-refractivity contribution in [3.8, 4) is 0 Å². The van der Waals surface area contributed by atoms with E-state index in [1.807, 2.05) is 30.3 Å². The zero-order chi connectivity index (χ0) is 23.4. The van der Waals surface area contributed by atoms with Crippen molar-refractivity contribution in [2.45, 2.75) is 25.8 Å². The first-order valence-electron chi connectivity index (χ1n) is 11.0. The molecule has 1 N–H and O–H groups in total. The van der Waals surface area contributed by atoms with E-state index in [0.29, 0.717) is 49.0 Å². The first-order chi connectivity index (χ1) is 15.9. The zero-order valence-corrected chi connectivity index (χ0v) is 19.2. The van der Waals surface area contributed by atoms with Crippen molar-refractivity contribution in [1.82, 2.24) is 9.80 Å². The second-order valence-electron chi connectivity index (χ2n) is 8.13. The number of urea groups is 1. The van der Waals surface area contributed by atoms with E-state index in [1.54, 1.807) is 39.1 Å². The highest BCUT2D eigenvalue weighted by Gasteiger charge is 2.36. The van der Waals surface area contributed by atoms with Crippen LogP contribution in [0.3, 0.4) is 0 Å². The number of ketones is 1. The fourth-order valence-electron chi connectivity index (χ4n) is 4.05. The van der Waals surface area contributed by atoms with Gasteiger partial charge in [-0.15, -0.1) is 0 Å². The van der Waals surface area contributed by atoms with E-state index in [0.717, 1.165) is 5.69 Å². The molecule has 4 rings (SSSR count). The Labute approximate surface area is 197 Å². The van der Waals surface area contributed by atoms with E-state index in [4.69, 9.17) is 11.6 Å². The molecule has 8 nitrogen and oxygen atoms in total. The molecular formula is C24H26ClN5O3. The molecule has 9 heteroatoms. The van der Waals surface area contributed by atoms with Crippen molar-refractivity contribution in [2.75, 3.05) is 36.5 Å². The van der Waals surface area contributed by atoms with Gasteiger partial charge in [0, 0.05) is 43.3 Å². The summed E-state index contributed by atoms with van der Waals surface area (Å²) in [7, 11) is 0. The molecule has 0 aromatic heterocycles. The molecule has 172 valence electrons. The second-order valence-corrected chi connectivity index (χ2v) is 8.57. The molecule has 1 atom stereocenters. The van der Waals surface area contributed by atoms with Crippen molar-refractivity contribution in [3.63, 3.8) is 0 Å². The van der Waals surface area contributed by atoms with Gasteiger partial charge >= 0.3 is 6.03 Å². The molecule has 33 heavy (non-hydrogen) atoms. The quantitative estimate of drug-likeness (QED) is 0.744. The third-order valence-electron chi connectivity index (χ3n) is 5.79. The SMILES string of the molecule is CC(=O)C1CC(C(=O)N2CCCN(C(=O)Nc3cccc(Cl)c3)CC2)=NN1c1ccccc1. The molecule has 2 aromatic rings. The number of benzene rings is 2. The largest absolute Gasteiger partial charge is 0.336 e. The fraction of sp³-hybridized carbons (Fsp3) is 0.333. The van der Waals surface area contributed by atoms with Gasteiger partial charge < -0.3 is 15.1 Å². The van der Waals surface area contributed by atoms with E-state index in [-0.39, 0.29) is 24.1 Å².